The lowest BCUT2D eigenvalue weighted by molar-refractivity contribution is -0.143. The van der Waals surface area contributed by atoms with E-state index in [-0.39, 0.29) is 11.9 Å². The van der Waals surface area contributed by atoms with Crippen LogP contribution >= 0.6 is 0 Å². The van der Waals surface area contributed by atoms with Crippen molar-refractivity contribution >= 4 is 5.91 Å². The molecule has 0 N–H and O–H groups in total. The molecular formula is C14H20N2O3. The molecule has 1 saturated heterocycles. The largest absolute Gasteiger partial charge is 0.377 e. The number of aromatic nitrogens is 1. The first-order valence-corrected chi connectivity index (χ1v) is 7.03. The average molecular weight is 264 g/mol. The van der Waals surface area contributed by atoms with Crippen LogP contribution in [0.1, 0.15) is 30.7 Å². The minimum absolute atomic E-state index is 0.136. The van der Waals surface area contributed by atoms with Gasteiger partial charge in [-0.2, -0.15) is 0 Å². The predicted molar refractivity (Wildman–Crippen MR) is 68.6 cm³/mol. The maximum Gasteiger partial charge on any atom is 0.230 e. The maximum atomic E-state index is 12.4. The number of aryl methyl sites for hydroxylation is 1. The first-order chi connectivity index (χ1) is 9.24. The molecule has 2 fully saturated rings. The third-order valence-electron chi connectivity index (χ3n) is 4.18. The second-order valence-electron chi connectivity index (χ2n) is 5.53. The van der Waals surface area contributed by atoms with Crippen molar-refractivity contribution in [1.82, 2.24) is 10.1 Å². The third kappa shape index (κ3) is 2.66. The van der Waals surface area contributed by atoms with Crippen LogP contribution < -0.4 is 0 Å². The Bertz CT molecular complexity index is 453. The zero-order valence-electron chi connectivity index (χ0n) is 11.3. The zero-order valence-corrected chi connectivity index (χ0v) is 11.3. The molecule has 1 aromatic rings. The minimum atomic E-state index is 0.136. The van der Waals surface area contributed by atoms with E-state index < -0.39 is 0 Å². The summed E-state index contributed by atoms with van der Waals surface area (Å²) in [6, 6.07) is 2.09. The summed E-state index contributed by atoms with van der Waals surface area (Å²) in [6.45, 7) is 3.90. The molecule has 3 rings (SSSR count). The second-order valence-corrected chi connectivity index (χ2v) is 5.53. The SMILES string of the molecule is Cc1cc(CC(=O)N2CCOCC2C2CCC2)on1. The van der Waals surface area contributed by atoms with Crippen LogP contribution in [0.15, 0.2) is 10.6 Å². The highest BCUT2D eigenvalue weighted by atomic mass is 16.5. The van der Waals surface area contributed by atoms with Gasteiger partial charge in [-0.3, -0.25) is 4.79 Å². The van der Waals surface area contributed by atoms with Crippen molar-refractivity contribution in [3.05, 3.63) is 17.5 Å². The van der Waals surface area contributed by atoms with Gasteiger partial charge in [0, 0.05) is 12.6 Å². The maximum absolute atomic E-state index is 12.4. The summed E-state index contributed by atoms with van der Waals surface area (Å²) < 4.78 is 10.7. The molecule has 0 spiro atoms. The van der Waals surface area contributed by atoms with Crippen molar-refractivity contribution in [2.45, 2.75) is 38.6 Å². The molecule has 1 amide bonds. The summed E-state index contributed by atoms with van der Waals surface area (Å²) in [4.78, 5) is 14.4. The molecule has 2 heterocycles. The van der Waals surface area contributed by atoms with E-state index in [1.165, 1.54) is 19.3 Å². The molecule has 1 saturated carbocycles. The Kier molecular flexibility index (Phi) is 3.55. The molecule has 19 heavy (non-hydrogen) atoms. The number of carbonyl (C=O) groups is 1. The molecular weight excluding hydrogens is 244 g/mol. The van der Waals surface area contributed by atoms with Gasteiger partial charge in [0.25, 0.3) is 0 Å². The molecule has 0 radical (unpaired) electrons. The Labute approximate surface area is 112 Å². The summed E-state index contributed by atoms with van der Waals surface area (Å²) in [5, 5.41) is 3.83. The van der Waals surface area contributed by atoms with Crippen LogP contribution in [0.25, 0.3) is 0 Å². The molecule has 5 heteroatoms. The molecule has 1 unspecified atom stereocenters. The minimum Gasteiger partial charge on any atom is -0.377 e. The van der Waals surface area contributed by atoms with Crippen LogP contribution in [0.4, 0.5) is 0 Å². The molecule has 1 atom stereocenters. The predicted octanol–water partition coefficient (Wildman–Crippen LogP) is 1.55. The number of nitrogens with zero attached hydrogens (tertiary/aromatic N) is 2. The van der Waals surface area contributed by atoms with Crippen LogP contribution in [0.3, 0.4) is 0 Å². The first kappa shape index (κ1) is 12.7. The van der Waals surface area contributed by atoms with E-state index in [1.807, 2.05) is 17.9 Å². The normalized spacial score (nSPS) is 24.3. The molecule has 1 aromatic heterocycles. The second kappa shape index (κ2) is 5.33. The quantitative estimate of drug-likeness (QED) is 0.831. The van der Waals surface area contributed by atoms with Gasteiger partial charge in [0.1, 0.15) is 5.76 Å². The highest BCUT2D eigenvalue weighted by molar-refractivity contribution is 5.78. The number of hydrogen-bond acceptors (Lipinski definition) is 4. The lowest BCUT2D eigenvalue weighted by atomic mass is 9.79. The summed E-state index contributed by atoms with van der Waals surface area (Å²) in [5.74, 6) is 1.42. The van der Waals surface area contributed by atoms with Gasteiger partial charge in [0.15, 0.2) is 0 Å². The summed E-state index contributed by atoms with van der Waals surface area (Å²) in [7, 11) is 0. The van der Waals surface area contributed by atoms with Crippen molar-refractivity contribution in [1.29, 1.82) is 0 Å². The number of morpholine rings is 1. The average Bonchev–Trinajstić information content (AvgIpc) is 2.73. The van der Waals surface area contributed by atoms with Gasteiger partial charge in [-0.25, -0.2) is 0 Å². The highest BCUT2D eigenvalue weighted by Crippen LogP contribution is 2.33. The fraction of sp³-hybridized carbons (Fsp3) is 0.714. The van der Waals surface area contributed by atoms with Gasteiger partial charge in [-0.1, -0.05) is 11.6 Å². The Morgan fingerprint density at radius 1 is 1.53 bits per heavy atom. The van der Waals surface area contributed by atoms with E-state index in [0.717, 1.165) is 5.69 Å². The van der Waals surface area contributed by atoms with Crippen LogP contribution in [0.2, 0.25) is 0 Å². The number of rotatable bonds is 3. The van der Waals surface area contributed by atoms with Crippen molar-refractivity contribution in [2.24, 2.45) is 5.92 Å². The number of amides is 1. The summed E-state index contributed by atoms with van der Waals surface area (Å²) in [5.41, 5.74) is 0.820. The van der Waals surface area contributed by atoms with E-state index in [2.05, 4.69) is 5.16 Å². The van der Waals surface area contributed by atoms with Gasteiger partial charge >= 0.3 is 0 Å². The number of ether oxygens (including phenoxy) is 1. The van der Waals surface area contributed by atoms with Crippen molar-refractivity contribution in [2.75, 3.05) is 19.8 Å². The number of carbonyl (C=O) groups excluding carboxylic acids is 1. The highest BCUT2D eigenvalue weighted by Gasteiger charge is 2.36. The van der Waals surface area contributed by atoms with Crippen molar-refractivity contribution < 1.29 is 14.1 Å². The van der Waals surface area contributed by atoms with E-state index in [0.29, 0.717) is 37.9 Å². The zero-order chi connectivity index (χ0) is 13.2. The molecule has 1 aliphatic heterocycles. The van der Waals surface area contributed by atoms with Gasteiger partial charge in [-0.15, -0.1) is 0 Å². The van der Waals surface area contributed by atoms with Crippen LogP contribution in [-0.2, 0) is 16.0 Å². The molecule has 5 nitrogen and oxygen atoms in total. The molecule has 0 bridgehead atoms. The lowest BCUT2D eigenvalue weighted by Gasteiger charge is -2.43. The van der Waals surface area contributed by atoms with Crippen LogP contribution in [-0.4, -0.2) is 41.8 Å². The van der Waals surface area contributed by atoms with Gasteiger partial charge in [0.2, 0.25) is 5.91 Å². The summed E-state index contributed by atoms with van der Waals surface area (Å²) in [6.07, 6.45) is 4.03. The first-order valence-electron chi connectivity index (χ1n) is 7.03. The third-order valence-corrected chi connectivity index (χ3v) is 4.18. The van der Waals surface area contributed by atoms with Gasteiger partial charge < -0.3 is 14.2 Å². The van der Waals surface area contributed by atoms with Crippen molar-refractivity contribution in [3.8, 4) is 0 Å². The van der Waals surface area contributed by atoms with Crippen LogP contribution in [0.5, 0.6) is 0 Å². The fourth-order valence-corrected chi connectivity index (χ4v) is 2.90. The van der Waals surface area contributed by atoms with Crippen LogP contribution in [0, 0.1) is 12.8 Å². The Morgan fingerprint density at radius 2 is 2.37 bits per heavy atom. The number of hydrogen-bond donors (Lipinski definition) is 0. The van der Waals surface area contributed by atoms with Gasteiger partial charge in [-0.05, 0) is 25.7 Å². The monoisotopic (exact) mass is 264 g/mol. The van der Waals surface area contributed by atoms with E-state index in [9.17, 15) is 4.79 Å². The smallest absolute Gasteiger partial charge is 0.230 e. The Hall–Kier alpha value is -1.36. The standard InChI is InChI=1S/C14H20N2O3/c1-10-7-12(19-15-10)8-14(17)16-5-6-18-9-13(16)11-3-2-4-11/h7,11,13H,2-6,8-9H2,1H3. The van der Waals surface area contributed by atoms with Gasteiger partial charge in [0.05, 0.1) is 31.4 Å². The fourth-order valence-electron chi connectivity index (χ4n) is 2.90. The lowest BCUT2D eigenvalue weighted by Crippen LogP contribution is -2.53. The van der Waals surface area contributed by atoms with E-state index >= 15 is 0 Å². The molecule has 0 aromatic carbocycles. The topological polar surface area (TPSA) is 55.6 Å². The van der Waals surface area contributed by atoms with E-state index in [1.54, 1.807) is 0 Å². The summed E-state index contributed by atoms with van der Waals surface area (Å²) >= 11 is 0. The van der Waals surface area contributed by atoms with Crippen molar-refractivity contribution in [3.63, 3.8) is 0 Å². The molecule has 104 valence electrons. The molecule has 1 aliphatic carbocycles. The Balaban J connectivity index is 1.66. The van der Waals surface area contributed by atoms with E-state index in [4.69, 9.17) is 9.26 Å². The Morgan fingerprint density at radius 3 is 3.00 bits per heavy atom. The molecule has 2 aliphatic rings.